The second-order valence-corrected chi connectivity index (χ2v) is 11.9. The minimum atomic E-state index is -1.45. The average molecular weight is 544 g/mol. The van der Waals surface area contributed by atoms with Crippen molar-refractivity contribution in [2.75, 3.05) is 7.11 Å². The maximum atomic E-state index is 13.4. The van der Waals surface area contributed by atoms with Gasteiger partial charge < -0.3 is 0 Å². The normalized spacial score (nSPS) is 31.3. The van der Waals surface area contributed by atoms with Crippen LogP contribution in [0.5, 0.6) is 0 Å². The Hall–Kier alpha value is -2.87. The number of hydrogen-bond donors (Lipinski definition) is 1. The molecule has 2 aliphatic heterocycles. The number of likely N-dealkylation sites (tertiary alicyclic amines) is 1. The first-order chi connectivity index (χ1) is 16.9. The van der Waals surface area contributed by atoms with Crippen LogP contribution < -0.4 is 4.46 Å². The molecule has 2 saturated heterocycles. The molecular formula is C26H27NO7Se. The third kappa shape index (κ3) is 4.44. The summed E-state index contributed by atoms with van der Waals surface area (Å²) in [6, 6.07) is 17.5. The summed E-state index contributed by atoms with van der Waals surface area (Å²) in [7, 11) is 1.26. The Morgan fingerprint density at radius 2 is 1.83 bits per heavy atom. The van der Waals surface area contributed by atoms with Gasteiger partial charge in [0.15, 0.2) is 0 Å². The first-order valence-corrected chi connectivity index (χ1v) is 13.5. The summed E-state index contributed by atoms with van der Waals surface area (Å²) >= 11 is -0.0703. The van der Waals surface area contributed by atoms with Gasteiger partial charge in [0.1, 0.15) is 0 Å². The van der Waals surface area contributed by atoms with Crippen molar-refractivity contribution in [3.63, 3.8) is 0 Å². The van der Waals surface area contributed by atoms with Crippen LogP contribution in [0, 0.1) is 5.92 Å². The van der Waals surface area contributed by atoms with Crippen molar-refractivity contribution >= 4 is 37.5 Å². The molecule has 0 aromatic heterocycles. The van der Waals surface area contributed by atoms with Gasteiger partial charge in [0, 0.05) is 0 Å². The van der Waals surface area contributed by atoms with Crippen molar-refractivity contribution in [3.05, 3.63) is 66.2 Å². The molecule has 2 heterocycles. The van der Waals surface area contributed by atoms with Crippen LogP contribution in [0.25, 0.3) is 0 Å². The zero-order valence-corrected chi connectivity index (χ0v) is 21.0. The van der Waals surface area contributed by atoms with E-state index in [2.05, 4.69) is 0 Å². The van der Waals surface area contributed by atoms with Gasteiger partial charge >= 0.3 is 210 Å². The molecule has 0 radical (unpaired) electrons. The van der Waals surface area contributed by atoms with E-state index in [1.165, 1.54) is 12.0 Å². The minimum absolute atomic E-state index is 0.0202. The number of carbonyl (C=O) groups is 3. The van der Waals surface area contributed by atoms with Gasteiger partial charge in [0.2, 0.25) is 0 Å². The van der Waals surface area contributed by atoms with Gasteiger partial charge in [-0.05, 0) is 0 Å². The predicted molar refractivity (Wildman–Crippen MR) is 126 cm³/mol. The molecule has 0 unspecified atom stereocenters. The number of carbonyl (C=O) groups excluding carboxylic acids is 3. The number of methoxy groups -OCH3 is 1. The summed E-state index contributed by atoms with van der Waals surface area (Å²) in [4.78, 5) is 39.7. The van der Waals surface area contributed by atoms with Crippen molar-refractivity contribution in [2.24, 2.45) is 5.92 Å². The molecule has 2 aromatic carbocycles. The van der Waals surface area contributed by atoms with E-state index in [-0.39, 0.29) is 45.2 Å². The Kier molecular flexibility index (Phi) is 6.57. The van der Waals surface area contributed by atoms with E-state index in [0.717, 1.165) is 10.0 Å². The van der Waals surface area contributed by atoms with Crippen LogP contribution in [0.4, 0.5) is 4.79 Å². The van der Waals surface area contributed by atoms with E-state index in [9.17, 15) is 19.5 Å². The van der Waals surface area contributed by atoms with Gasteiger partial charge in [0.05, 0.1) is 0 Å². The molecule has 35 heavy (non-hydrogen) atoms. The predicted octanol–water partition coefficient (Wildman–Crippen LogP) is 1.82. The molecule has 8 nitrogen and oxygen atoms in total. The van der Waals surface area contributed by atoms with Gasteiger partial charge in [-0.2, -0.15) is 0 Å². The molecule has 6 atom stereocenters. The van der Waals surface area contributed by atoms with E-state index in [1.54, 1.807) is 0 Å². The second kappa shape index (κ2) is 9.64. The summed E-state index contributed by atoms with van der Waals surface area (Å²) in [6.07, 6.45) is -0.705. The van der Waals surface area contributed by atoms with Gasteiger partial charge in [0.25, 0.3) is 0 Å². The number of nitrogens with zero attached hydrogens (tertiary/aromatic N) is 1. The Balaban J connectivity index is 1.45. The van der Waals surface area contributed by atoms with Crippen LogP contribution in [-0.4, -0.2) is 73.9 Å². The van der Waals surface area contributed by atoms with Crippen LogP contribution in [-0.2, 0) is 30.4 Å². The Morgan fingerprint density at radius 3 is 2.51 bits per heavy atom. The summed E-state index contributed by atoms with van der Waals surface area (Å²) in [5, 5.41) is 11.9. The molecule has 1 aliphatic carbocycles. The van der Waals surface area contributed by atoms with Gasteiger partial charge in [-0.1, -0.05) is 0 Å². The zero-order chi connectivity index (χ0) is 24.6. The van der Waals surface area contributed by atoms with E-state index in [1.807, 2.05) is 60.7 Å². The summed E-state index contributed by atoms with van der Waals surface area (Å²) in [5.74, 6) is -1.48. The van der Waals surface area contributed by atoms with Crippen LogP contribution in [0.3, 0.4) is 0 Å². The topological polar surface area (TPSA) is 102 Å². The molecule has 2 aromatic rings. The number of benzene rings is 2. The number of ether oxygens (including phenoxy) is 3. The number of fused-ring (bicyclic) bond motifs is 3. The third-order valence-corrected chi connectivity index (χ3v) is 9.95. The third-order valence-electron chi connectivity index (χ3n) is 7.20. The van der Waals surface area contributed by atoms with E-state index in [4.69, 9.17) is 14.2 Å². The zero-order valence-electron chi connectivity index (χ0n) is 19.2. The first-order valence-electron chi connectivity index (χ1n) is 11.6. The Bertz CT molecular complexity index is 1100. The van der Waals surface area contributed by atoms with E-state index in [0.29, 0.717) is 6.42 Å². The monoisotopic (exact) mass is 545 g/mol. The van der Waals surface area contributed by atoms with Crippen molar-refractivity contribution in [3.8, 4) is 0 Å². The number of esters is 2. The van der Waals surface area contributed by atoms with E-state index < -0.39 is 41.8 Å². The van der Waals surface area contributed by atoms with Gasteiger partial charge in [-0.3, -0.25) is 0 Å². The molecule has 184 valence electrons. The fraction of sp³-hybridized carbons (Fsp3) is 0.423. The summed E-state index contributed by atoms with van der Waals surface area (Å²) in [6.45, 7) is 0.0419. The quantitative estimate of drug-likeness (QED) is 0.348. The fourth-order valence-corrected chi connectivity index (χ4v) is 8.39. The van der Waals surface area contributed by atoms with Crippen molar-refractivity contribution < 1.29 is 33.7 Å². The standard InChI is InChI=1S/C26H27NO7Se/c1-32-24(29)19-14-26(31)18-12-22(28)34-23(18)20(35-17-10-6-3-7-11-17)13-21(26)27(19)25(30)33-15-16-8-4-2-5-9-16/h2-11,18-21,23,31H,12-15H2,1H3/t18-,19+,20+,21-,23+,26-/m1/s1. The van der Waals surface area contributed by atoms with Gasteiger partial charge in [-0.15, -0.1) is 0 Å². The Labute approximate surface area is 209 Å². The molecular weight excluding hydrogens is 517 g/mol. The van der Waals surface area contributed by atoms with Crippen LogP contribution >= 0.6 is 0 Å². The molecule has 9 heteroatoms. The van der Waals surface area contributed by atoms with Crippen molar-refractivity contribution in [2.45, 2.75) is 54.5 Å². The Morgan fingerprint density at radius 1 is 1.14 bits per heavy atom. The molecule has 1 amide bonds. The molecule has 5 rings (SSSR count). The maximum absolute atomic E-state index is 13.4. The molecule has 3 aliphatic rings. The first kappa shape index (κ1) is 23.9. The summed E-state index contributed by atoms with van der Waals surface area (Å²) in [5.41, 5.74) is -0.640. The number of rotatable bonds is 5. The molecule has 0 spiro atoms. The molecule has 1 N–H and O–H groups in total. The molecule has 3 fully saturated rings. The number of aliphatic hydroxyl groups is 1. The van der Waals surface area contributed by atoms with Gasteiger partial charge in [-0.25, -0.2) is 0 Å². The molecule has 0 bridgehead atoms. The number of amides is 1. The summed E-state index contributed by atoms with van der Waals surface area (Å²) < 4.78 is 17.4. The fourth-order valence-electron chi connectivity index (χ4n) is 5.62. The van der Waals surface area contributed by atoms with Crippen LogP contribution in [0.15, 0.2) is 60.7 Å². The number of hydrogen-bond acceptors (Lipinski definition) is 7. The van der Waals surface area contributed by atoms with Crippen molar-refractivity contribution in [1.29, 1.82) is 0 Å². The SMILES string of the molecule is COC(=O)[C@@H]1C[C@@]2(O)[C@@H]3CC(=O)O[C@@H]3[C@@H]([Se]c3ccccc3)C[C@H]2N1C(=O)OCc1ccccc1. The van der Waals surface area contributed by atoms with Crippen LogP contribution in [0.2, 0.25) is 4.82 Å². The average Bonchev–Trinajstić information content (AvgIpc) is 3.42. The second-order valence-electron chi connectivity index (χ2n) is 9.17. The van der Waals surface area contributed by atoms with Crippen molar-refractivity contribution in [1.82, 2.24) is 4.90 Å². The van der Waals surface area contributed by atoms with Crippen LogP contribution in [0.1, 0.15) is 24.8 Å². The molecule has 1 saturated carbocycles. The van der Waals surface area contributed by atoms with E-state index >= 15 is 0 Å².